The predicted molar refractivity (Wildman–Crippen MR) is 185 cm³/mol. The molecule has 8 rings (SSSR count). The van der Waals surface area contributed by atoms with Crippen LogP contribution in [-0.2, 0) is 11.2 Å². The van der Waals surface area contributed by atoms with Gasteiger partial charge in [-0.1, -0.05) is 30.3 Å². The first-order chi connectivity index (χ1) is 24.1. The lowest BCUT2D eigenvalue weighted by molar-refractivity contribution is -0.115. The Labute approximate surface area is 280 Å². The van der Waals surface area contributed by atoms with E-state index in [9.17, 15) is 9.18 Å². The molecule has 0 radical (unpaired) electrons. The third kappa shape index (κ3) is 6.58. The molecule has 5 aromatic heterocycles. The summed E-state index contributed by atoms with van der Waals surface area (Å²) in [5, 5.41) is 11.1. The number of carbonyl (C=O) groups is 1. The number of halogens is 1. The van der Waals surface area contributed by atoms with Crippen LogP contribution in [0.3, 0.4) is 0 Å². The van der Waals surface area contributed by atoms with Crippen LogP contribution in [0.1, 0.15) is 18.4 Å². The minimum absolute atomic E-state index is 0.131. The smallest absolute Gasteiger partial charge is 0.228 e. The SMILES string of the molecule is O=C(Cc1ccccc1)Nc1cncc(-c2cnc3n[nH]c(-c4nc5nccc(-c6cc(F)cc(OCCN7CCCC7)c6)c5[nH]4)c3c2)c1. The maximum atomic E-state index is 14.8. The summed E-state index contributed by atoms with van der Waals surface area (Å²) in [7, 11) is 0. The number of aromatic amines is 2. The lowest BCUT2D eigenvalue weighted by Crippen LogP contribution is -2.25. The van der Waals surface area contributed by atoms with Crippen molar-refractivity contribution in [2.24, 2.45) is 0 Å². The number of aromatic nitrogens is 7. The number of pyridine rings is 3. The Hall–Kier alpha value is -6.01. The van der Waals surface area contributed by atoms with Gasteiger partial charge in [0.25, 0.3) is 0 Å². The van der Waals surface area contributed by atoms with Crippen molar-refractivity contribution in [2.45, 2.75) is 19.3 Å². The Morgan fingerprint density at radius 1 is 0.918 bits per heavy atom. The fourth-order valence-electron chi connectivity index (χ4n) is 6.26. The third-order valence-corrected chi connectivity index (χ3v) is 8.66. The number of rotatable bonds is 10. The molecule has 1 fully saturated rings. The highest BCUT2D eigenvalue weighted by molar-refractivity contribution is 5.97. The number of fused-ring (bicyclic) bond motifs is 2. The number of benzene rings is 2. The summed E-state index contributed by atoms with van der Waals surface area (Å²) in [6, 6.07) is 20.0. The summed E-state index contributed by atoms with van der Waals surface area (Å²) in [4.78, 5) is 36.6. The van der Waals surface area contributed by atoms with Crippen LogP contribution in [0.2, 0.25) is 0 Å². The van der Waals surface area contributed by atoms with Crippen LogP contribution in [0, 0.1) is 5.82 Å². The van der Waals surface area contributed by atoms with Gasteiger partial charge in [0, 0.05) is 47.9 Å². The molecule has 11 nitrogen and oxygen atoms in total. The predicted octanol–water partition coefficient (Wildman–Crippen LogP) is 6.42. The van der Waals surface area contributed by atoms with E-state index in [0.29, 0.717) is 51.9 Å². The van der Waals surface area contributed by atoms with Crippen molar-refractivity contribution < 1.29 is 13.9 Å². The highest BCUT2D eigenvalue weighted by Crippen LogP contribution is 2.33. The molecular weight excluding hydrogens is 621 g/mol. The Morgan fingerprint density at radius 2 is 1.78 bits per heavy atom. The lowest BCUT2D eigenvalue weighted by Gasteiger charge is -2.15. The molecule has 0 unspecified atom stereocenters. The maximum Gasteiger partial charge on any atom is 0.228 e. The van der Waals surface area contributed by atoms with Crippen molar-refractivity contribution >= 4 is 33.8 Å². The third-order valence-electron chi connectivity index (χ3n) is 8.66. The molecule has 3 N–H and O–H groups in total. The molecule has 1 aliphatic heterocycles. The minimum Gasteiger partial charge on any atom is -0.492 e. The zero-order valence-corrected chi connectivity index (χ0v) is 26.5. The van der Waals surface area contributed by atoms with Gasteiger partial charge in [-0.2, -0.15) is 5.10 Å². The van der Waals surface area contributed by atoms with E-state index in [4.69, 9.17) is 9.72 Å². The fraction of sp³-hybridized carbons (Fsp3) is 0.189. The van der Waals surface area contributed by atoms with Gasteiger partial charge in [0.2, 0.25) is 5.91 Å². The first-order valence-electron chi connectivity index (χ1n) is 16.2. The zero-order valence-electron chi connectivity index (χ0n) is 26.5. The van der Waals surface area contributed by atoms with Crippen LogP contribution < -0.4 is 10.1 Å². The summed E-state index contributed by atoms with van der Waals surface area (Å²) in [5.41, 5.74) is 6.73. The second-order valence-electron chi connectivity index (χ2n) is 12.1. The Morgan fingerprint density at radius 3 is 2.65 bits per heavy atom. The number of H-pyrrole nitrogens is 2. The lowest BCUT2D eigenvalue weighted by atomic mass is 10.1. The molecule has 0 aliphatic carbocycles. The number of amides is 1. The van der Waals surface area contributed by atoms with Crippen molar-refractivity contribution in [1.82, 2.24) is 40.0 Å². The first kappa shape index (κ1) is 30.3. The fourth-order valence-corrected chi connectivity index (χ4v) is 6.26. The zero-order chi connectivity index (χ0) is 33.2. The molecule has 7 aromatic rings. The van der Waals surface area contributed by atoms with Crippen molar-refractivity contribution in [3.05, 3.63) is 103 Å². The molecule has 1 amide bonds. The van der Waals surface area contributed by atoms with Gasteiger partial charge in [-0.3, -0.25) is 19.8 Å². The summed E-state index contributed by atoms with van der Waals surface area (Å²) in [5.74, 6) is 0.473. The van der Waals surface area contributed by atoms with Crippen molar-refractivity contribution in [2.75, 3.05) is 31.6 Å². The van der Waals surface area contributed by atoms with Crippen LogP contribution in [0.5, 0.6) is 5.75 Å². The van der Waals surface area contributed by atoms with Gasteiger partial charge in [-0.15, -0.1) is 0 Å². The van der Waals surface area contributed by atoms with E-state index in [0.717, 1.165) is 47.3 Å². The number of ether oxygens (including phenoxy) is 1. The van der Waals surface area contributed by atoms with Gasteiger partial charge in [-0.05, 0) is 67.4 Å². The number of likely N-dealkylation sites (tertiary alicyclic amines) is 1. The molecule has 6 heterocycles. The molecule has 0 saturated carbocycles. The van der Waals surface area contributed by atoms with Crippen LogP contribution in [0.4, 0.5) is 10.1 Å². The minimum atomic E-state index is -0.383. The summed E-state index contributed by atoms with van der Waals surface area (Å²) in [6.45, 7) is 3.47. The molecule has 49 heavy (non-hydrogen) atoms. The summed E-state index contributed by atoms with van der Waals surface area (Å²) >= 11 is 0. The molecular formula is C37H32FN9O2. The molecule has 1 aliphatic rings. The normalized spacial score (nSPS) is 13.3. The molecule has 0 spiro atoms. The highest BCUT2D eigenvalue weighted by Gasteiger charge is 2.18. The number of hydrogen-bond donors (Lipinski definition) is 3. The van der Waals surface area contributed by atoms with E-state index in [1.165, 1.54) is 25.0 Å². The summed E-state index contributed by atoms with van der Waals surface area (Å²) in [6.07, 6.45) is 9.39. The number of imidazole rings is 1. The van der Waals surface area contributed by atoms with Crippen molar-refractivity contribution in [3.8, 4) is 39.5 Å². The van der Waals surface area contributed by atoms with Crippen LogP contribution in [0.25, 0.3) is 56.0 Å². The van der Waals surface area contributed by atoms with Crippen LogP contribution >= 0.6 is 0 Å². The number of nitrogens with one attached hydrogen (secondary N) is 3. The number of hydrogen-bond acceptors (Lipinski definition) is 8. The molecule has 2 aromatic carbocycles. The summed E-state index contributed by atoms with van der Waals surface area (Å²) < 4.78 is 20.8. The van der Waals surface area contributed by atoms with Crippen molar-refractivity contribution in [1.29, 1.82) is 0 Å². The number of nitrogens with zero attached hydrogens (tertiary/aromatic N) is 6. The van der Waals surface area contributed by atoms with Gasteiger partial charge in [0.1, 0.15) is 23.9 Å². The number of anilines is 1. The van der Waals surface area contributed by atoms with Gasteiger partial charge >= 0.3 is 0 Å². The number of carbonyl (C=O) groups excluding carboxylic acids is 1. The molecule has 244 valence electrons. The van der Waals surface area contributed by atoms with Crippen molar-refractivity contribution in [3.63, 3.8) is 0 Å². The van der Waals surface area contributed by atoms with E-state index in [-0.39, 0.29) is 18.1 Å². The highest BCUT2D eigenvalue weighted by atomic mass is 19.1. The molecule has 12 heteroatoms. The van der Waals surface area contributed by atoms with E-state index >= 15 is 0 Å². The van der Waals surface area contributed by atoms with E-state index in [1.807, 2.05) is 54.6 Å². The van der Waals surface area contributed by atoms with E-state index < -0.39 is 0 Å². The quantitative estimate of drug-likeness (QED) is 0.154. The molecule has 1 saturated heterocycles. The Kier molecular flexibility index (Phi) is 8.20. The van der Waals surface area contributed by atoms with E-state index in [1.54, 1.807) is 24.8 Å². The monoisotopic (exact) mass is 653 g/mol. The van der Waals surface area contributed by atoms with Gasteiger partial charge < -0.3 is 15.0 Å². The average Bonchev–Trinajstić information content (AvgIpc) is 3.88. The maximum absolute atomic E-state index is 14.8. The van der Waals surface area contributed by atoms with Crippen LogP contribution in [0.15, 0.2) is 91.5 Å². The Balaban J connectivity index is 1.06. The van der Waals surface area contributed by atoms with Crippen LogP contribution in [-0.4, -0.2) is 72.2 Å². The average molecular weight is 654 g/mol. The molecule has 0 bridgehead atoms. The van der Waals surface area contributed by atoms with Gasteiger partial charge in [0.05, 0.1) is 29.2 Å². The second-order valence-corrected chi connectivity index (χ2v) is 12.1. The largest absolute Gasteiger partial charge is 0.492 e. The Bertz CT molecular complexity index is 2280. The van der Waals surface area contributed by atoms with E-state index in [2.05, 4.69) is 40.3 Å². The standard InChI is InChI=1S/C37H32FN9O2/c38-27-15-24(17-29(19-27)49-13-12-47-10-4-5-11-47)30-8-9-40-36-33(30)43-37(44-36)34-31-18-26(21-41-35(31)46-45-34)25-16-28(22-39-20-25)42-32(48)14-23-6-2-1-3-7-23/h1-3,6-9,15-22H,4-5,10-14H2,(H,42,48)(H,40,43,44)(H,41,45,46). The second kappa shape index (κ2) is 13.2. The van der Waals surface area contributed by atoms with Gasteiger partial charge in [-0.25, -0.2) is 19.3 Å². The first-order valence-corrected chi connectivity index (χ1v) is 16.2. The topological polar surface area (TPSA) is 138 Å². The van der Waals surface area contributed by atoms with Gasteiger partial charge in [0.15, 0.2) is 17.1 Å². The molecule has 0 atom stereocenters.